The highest BCUT2D eigenvalue weighted by Crippen LogP contribution is 2.27. The summed E-state index contributed by atoms with van der Waals surface area (Å²) in [5, 5.41) is 8.18. The third-order valence-corrected chi connectivity index (χ3v) is 4.69. The van der Waals surface area contributed by atoms with Crippen LogP contribution in [0.2, 0.25) is 0 Å². The Hall–Kier alpha value is -1.59. The van der Waals surface area contributed by atoms with E-state index in [2.05, 4.69) is 39.8 Å². The van der Waals surface area contributed by atoms with Gasteiger partial charge in [0.15, 0.2) is 0 Å². The molecule has 0 bridgehead atoms. The number of benzene rings is 1. The zero-order valence-electron chi connectivity index (χ0n) is 13.3. The molecule has 1 saturated carbocycles. The maximum absolute atomic E-state index is 4.86. The molecular formula is C17H24ClN5. The first-order valence-electron chi connectivity index (χ1n) is 8.39. The van der Waals surface area contributed by atoms with Gasteiger partial charge < -0.3 is 15.5 Å². The third kappa shape index (κ3) is 3.51. The Balaban J connectivity index is 0.00000156. The van der Waals surface area contributed by atoms with Crippen molar-refractivity contribution in [1.29, 1.82) is 0 Å². The van der Waals surface area contributed by atoms with Gasteiger partial charge in [-0.2, -0.15) is 4.98 Å². The van der Waals surface area contributed by atoms with Crippen molar-refractivity contribution < 1.29 is 0 Å². The number of nitrogens with zero attached hydrogens (tertiary/aromatic N) is 3. The number of rotatable bonds is 3. The van der Waals surface area contributed by atoms with Gasteiger partial charge in [0.25, 0.3) is 0 Å². The number of para-hydroxylation sites is 1. The van der Waals surface area contributed by atoms with Crippen LogP contribution in [0.3, 0.4) is 0 Å². The van der Waals surface area contributed by atoms with Gasteiger partial charge in [0, 0.05) is 37.6 Å². The molecule has 2 aliphatic rings. The summed E-state index contributed by atoms with van der Waals surface area (Å²) in [6.45, 7) is 3.95. The molecular weight excluding hydrogens is 310 g/mol. The SMILES string of the molecule is Cl.c1ccc2c(NC3CCCC3)nc(N3CCNCC3)nc2c1. The molecule has 0 amide bonds. The first-order valence-corrected chi connectivity index (χ1v) is 8.39. The standard InChI is InChI=1S/C17H23N5.ClH/c1-2-6-13(5-1)19-16-14-7-3-4-8-15(14)20-17(21-16)22-11-9-18-10-12-22;/h3-4,7-8,13,18H,1-2,5-6,9-12H2,(H,19,20,21);1H. The first-order chi connectivity index (χ1) is 10.9. The van der Waals surface area contributed by atoms with Crippen molar-refractivity contribution in [2.24, 2.45) is 0 Å². The third-order valence-electron chi connectivity index (χ3n) is 4.69. The van der Waals surface area contributed by atoms with Crippen LogP contribution in [0.5, 0.6) is 0 Å². The number of aromatic nitrogens is 2. The Morgan fingerprint density at radius 3 is 2.57 bits per heavy atom. The van der Waals surface area contributed by atoms with Crippen LogP contribution in [0.1, 0.15) is 25.7 Å². The lowest BCUT2D eigenvalue weighted by molar-refractivity contribution is 0.580. The summed E-state index contributed by atoms with van der Waals surface area (Å²) in [5.41, 5.74) is 1.03. The molecule has 2 N–H and O–H groups in total. The number of hydrogen-bond donors (Lipinski definition) is 2. The molecule has 6 heteroatoms. The number of piperazine rings is 1. The summed E-state index contributed by atoms with van der Waals surface area (Å²) in [6.07, 6.45) is 5.15. The number of nitrogens with one attached hydrogen (secondary N) is 2. The summed E-state index contributed by atoms with van der Waals surface area (Å²) in [4.78, 5) is 11.9. The van der Waals surface area contributed by atoms with Crippen LogP contribution in [0, 0.1) is 0 Å². The molecule has 124 valence electrons. The summed E-state index contributed by atoms with van der Waals surface area (Å²) in [6, 6.07) is 8.89. The predicted octanol–water partition coefficient (Wildman–Crippen LogP) is 2.82. The Morgan fingerprint density at radius 1 is 1.04 bits per heavy atom. The molecule has 1 aromatic carbocycles. The fraction of sp³-hybridized carbons (Fsp3) is 0.529. The highest BCUT2D eigenvalue weighted by Gasteiger charge is 2.19. The second kappa shape index (κ2) is 7.32. The summed E-state index contributed by atoms with van der Waals surface area (Å²) >= 11 is 0. The van der Waals surface area contributed by atoms with E-state index in [1.54, 1.807) is 0 Å². The second-order valence-electron chi connectivity index (χ2n) is 6.25. The molecule has 0 spiro atoms. The Kier molecular flexibility index (Phi) is 5.18. The molecule has 0 unspecified atom stereocenters. The number of fused-ring (bicyclic) bond motifs is 1. The summed E-state index contributed by atoms with van der Waals surface area (Å²) < 4.78 is 0. The normalized spacial score (nSPS) is 18.9. The first kappa shape index (κ1) is 16.3. The zero-order chi connectivity index (χ0) is 14.8. The topological polar surface area (TPSA) is 53.1 Å². The molecule has 5 nitrogen and oxygen atoms in total. The van der Waals surface area contributed by atoms with E-state index < -0.39 is 0 Å². The lowest BCUT2D eigenvalue weighted by atomic mass is 10.2. The minimum atomic E-state index is 0. The van der Waals surface area contributed by atoms with E-state index in [9.17, 15) is 0 Å². The smallest absolute Gasteiger partial charge is 0.227 e. The zero-order valence-corrected chi connectivity index (χ0v) is 14.1. The number of anilines is 2. The molecule has 1 saturated heterocycles. The minimum absolute atomic E-state index is 0. The molecule has 1 aromatic heterocycles. The fourth-order valence-electron chi connectivity index (χ4n) is 3.44. The molecule has 1 aliphatic heterocycles. The Labute approximate surface area is 143 Å². The van der Waals surface area contributed by atoms with E-state index in [0.717, 1.165) is 48.8 Å². The van der Waals surface area contributed by atoms with Gasteiger partial charge in [-0.3, -0.25) is 0 Å². The van der Waals surface area contributed by atoms with Crippen molar-refractivity contribution in [2.45, 2.75) is 31.7 Å². The highest BCUT2D eigenvalue weighted by atomic mass is 35.5. The van der Waals surface area contributed by atoms with Gasteiger partial charge in [-0.1, -0.05) is 25.0 Å². The minimum Gasteiger partial charge on any atom is -0.367 e. The van der Waals surface area contributed by atoms with Gasteiger partial charge in [0.1, 0.15) is 5.82 Å². The number of hydrogen-bond acceptors (Lipinski definition) is 5. The van der Waals surface area contributed by atoms with Gasteiger partial charge in [-0.15, -0.1) is 12.4 Å². The molecule has 4 rings (SSSR count). The van der Waals surface area contributed by atoms with E-state index in [1.165, 1.54) is 25.7 Å². The van der Waals surface area contributed by atoms with Crippen LogP contribution in [0.4, 0.5) is 11.8 Å². The van der Waals surface area contributed by atoms with Crippen LogP contribution in [0.15, 0.2) is 24.3 Å². The Bertz CT molecular complexity index is 650. The molecule has 1 aliphatic carbocycles. The molecule has 0 atom stereocenters. The van der Waals surface area contributed by atoms with Crippen molar-refractivity contribution in [3.05, 3.63) is 24.3 Å². The van der Waals surface area contributed by atoms with Gasteiger partial charge in [-0.25, -0.2) is 4.98 Å². The quantitative estimate of drug-likeness (QED) is 0.904. The van der Waals surface area contributed by atoms with Gasteiger partial charge in [0.2, 0.25) is 5.95 Å². The summed E-state index contributed by atoms with van der Waals surface area (Å²) in [7, 11) is 0. The van der Waals surface area contributed by atoms with Crippen molar-refractivity contribution in [1.82, 2.24) is 15.3 Å². The van der Waals surface area contributed by atoms with E-state index in [-0.39, 0.29) is 12.4 Å². The van der Waals surface area contributed by atoms with E-state index in [0.29, 0.717) is 6.04 Å². The number of halogens is 1. The lowest BCUT2D eigenvalue weighted by Crippen LogP contribution is -2.44. The summed E-state index contributed by atoms with van der Waals surface area (Å²) in [5.74, 6) is 1.87. The predicted molar refractivity (Wildman–Crippen MR) is 97.7 cm³/mol. The molecule has 0 radical (unpaired) electrons. The van der Waals surface area contributed by atoms with Crippen molar-refractivity contribution in [2.75, 3.05) is 36.4 Å². The maximum atomic E-state index is 4.86. The average molecular weight is 334 g/mol. The maximum Gasteiger partial charge on any atom is 0.227 e. The van der Waals surface area contributed by atoms with Gasteiger partial charge >= 0.3 is 0 Å². The van der Waals surface area contributed by atoms with Crippen LogP contribution in [-0.4, -0.2) is 42.2 Å². The monoisotopic (exact) mass is 333 g/mol. The van der Waals surface area contributed by atoms with Crippen LogP contribution in [-0.2, 0) is 0 Å². The van der Waals surface area contributed by atoms with E-state index in [1.807, 2.05) is 0 Å². The van der Waals surface area contributed by atoms with Crippen molar-refractivity contribution in [3.8, 4) is 0 Å². The largest absolute Gasteiger partial charge is 0.367 e. The molecule has 23 heavy (non-hydrogen) atoms. The van der Waals surface area contributed by atoms with E-state index in [4.69, 9.17) is 9.97 Å². The average Bonchev–Trinajstić information content (AvgIpc) is 3.09. The van der Waals surface area contributed by atoms with Crippen LogP contribution >= 0.6 is 12.4 Å². The van der Waals surface area contributed by atoms with E-state index >= 15 is 0 Å². The highest BCUT2D eigenvalue weighted by molar-refractivity contribution is 5.90. The molecule has 2 aromatic rings. The molecule has 2 fully saturated rings. The second-order valence-corrected chi connectivity index (χ2v) is 6.25. The van der Waals surface area contributed by atoms with Gasteiger partial charge in [0.05, 0.1) is 5.52 Å². The van der Waals surface area contributed by atoms with Crippen LogP contribution < -0.4 is 15.5 Å². The van der Waals surface area contributed by atoms with Crippen molar-refractivity contribution in [3.63, 3.8) is 0 Å². The van der Waals surface area contributed by atoms with Gasteiger partial charge in [-0.05, 0) is 25.0 Å². The fourth-order valence-corrected chi connectivity index (χ4v) is 3.44. The molecule has 2 heterocycles. The lowest BCUT2D eigenvalue weighted by Gasteiger charge is -2.28. The Morgan fingerprint density at radius 2 is 1.78 bits per heavy atom. The van der Waals surface area contributed by atoms with Crippen molar-refractivity contribution >= 4 is 35.1 Å². The van der Waals surface area contributed by atoms with Crippen LogP contribution in [0.25, 0.3) is 10.9 Å².